The van der Waals surface area contributed by atoms with Gasteiger partial charge in [0, 0.05) is 143 Å². The van der Waals surface area contributed by atoms with E-state index in [9.17, 15) is 47.9 Å². The lowest BCUT2D eigenvalue weighted by atomic mass is 9.78. The molecule has 659 valence electrons. The number of rotatable bonds is 39. The van der Waals surface area contributed by atoms with Crippen LogP contribution in [-0.4, -0.2) is 65.3 Å². The lowest BCUT2D eigenvalue weighted by molar-refractivity contribution is -0.135. The van der Waals surface area contributed by atoms with Crippen molar-refractivity contribution in [1.29, 1.82) is 0 Å². The number of nitrogens with one attached hydrogen (secondary N) is 5. The zero-order chi connectivity index (χ0) is 91.7. The number of carbonyl (C=O) groups excluding carboxylic acids is 11. The minimum atomic E-state index is -0.953. The van der Waals surface area contributed by atoms with Gasteiger partial charge in [0.25, 0.3) is 0 Å². The van der Waals surface area contributed by atoms with Crippen molar-refractivity contribution in [3.05, 3.63) is 218 Å². The number of primary amides is 1. The van der Waals surface area contributed by atoms with E-state index in [2.05, 4.69) is 32.7 Å². The Balaban J connectivity index is 1.24. The Morgan fingerprint density at radius 3 is 1.35 bits per heavy atom. The average molecular weight is 1720 g/mol. The third kappa shape index (κ3) is 23.6. The van der Waals surface area contributed by atoms with Crippen LogP contribution < -0.4 is 56.0 Å². The van der Waals surface area contributed by atoms with E-state index >= 15 is 4.79 Å². The van der Waals surface area contributed by atoms with Crippen molar-refractivity contribution in [2.45, 2.75) is 185 Å². The Labute approximate surface area is 747 Å². The fourth-order valence-electron chi connectivity index (χ4n) is 15.2. The summed E-state index contributed by atoms with van der Waals surface area (Å²) in [5.41, 5.74) is 15.8. The predicted octanol–water partition coefficient (Wildman–Crippen LogP) is 23.9. The topological polar surface area (TPSA) is 320 Å². The maximum Gasteiger partial charge on any atom is 0.311 e. The van der Waals surface area contributed by atoms with Gasteiger partial charge in [-0.05, 0) is 161 Å². The van der Waals surface area contributed by atoms with Gasteiger partial charge in [0.2, 0.25) is 35.4 Å². The Kier molecular flexibility index (Phi) is 33.1. The highest BCUT2D eigenvalue weighted by molar-refractivity contribution is 6.15. The van der Waals surface area contributed by atoms with Gasteiger partial charge in [0.05, 0.1) is 16.9 Å². The summed E-state index contributed by atoms with van der Waals surface area (Å²) in [4.78, 5) is 154. The molecule has 0 atom stereocenters. The van der Waals surface area contributed by atoms with Gasteiger partial charge in [0.15, 0.2) is 0 Å². The number of para-hydroxylation sites is 5. The highest BCUT2D eigenvalue weighted by Crippen LogP contribution is 2.55. The van der Waals surface area contributed by atoms with Crippen molar-refractivity contribution in [2.75, 3.05) is 26.6 Å². The Bertz CT molecular complexity index is 5990. The van der Waals surface area contributed by atoms with Crippen LogP contribution in [0.1, 0.15) is 196 Å². The monoisotopic (exact) mass is 1720 g/mol. The molecule has 0 bridgehead atoms. The number of amides is 6. The van der Waals surface area contributed by atoms with Gasteiger partial charge in [-0.1, -0.05) is 228 Å². The van der Waals surface area contributed by atoms with E-state index in [0.29, 0.717) is 127 Å². The smallest absolute Gasteiger partial charge is 0.311 e. The maximum atomic E-state index is 15.2. The SMILES string of the molecule is CCCCCC(=O)Nc1c(-c2ccc(NC(=O)CCCC)cc2-c2cccc(-c3ccc(NC(=O)CCC)cc3-c3ccccc3NC(=O)CC)c2NC(=O)C(C)C)cccc1-c1cccc(-c2cc(OC(C)=O)ccc2-c2[c]c(C(N)=O)c(-c3ccc(OC(=O)CCCCC)cc3)c(-c3ccc(OC(=O)CCC)cc3)c2-c2ccccc2OC(=O)CC)c1OC(C)=O. The molecule has 7 N–H and O–H groups in total. The zero-order valence-electron chi connectivity index (χ0n) is 74.3. The zero-order valence-corrected chi connectivity index (χ0v) is 74.3. The molecule has 0 aliphatic heterocycles. The molecule has 0 fully saturated rings. The number of benzene rings is 11. The van der Waals surface area contributed by atoms with E-state index < -0.39 is 41.7 Å². The highest BCUT2D eigenvalue weighted by atomic mass is 16.6. The second-order valence-corrected chi connectivity index (χ2v) is 31.5. The van der Waals surface area contributed by atoms with E-state index in [1.165, 1.54) is 13.8 Å². The van der Waals surface area contributed by atoms with Gasteiger partial charge in [-0.3, -0.25) is 52.7 Å². The van der Waals surface area contributed by atoms with Crippen LogP contribution in [0, 0.1) is 12.0 Å². The molecule has 1 radical (unpaired) electrons. The Morgan fingerprint density at radius 1 is 0.336 bits per heavy atom. The van der Waals surface area contributed by atoms with Crippen LogP contribution in [0.25, 0.3) is 111 Å². The van der Waals surface area contributed by atoms with Crippen molar-refractivity contribution >= 4 is 93.7 Å². The molecule has 6 amide bonds. The number of anilines is 5. The Hall–Kier alpha value is -14.4. The molecule has 0 aliphatic carbocycles. The molecule has 0 saturated heterocycles. The first-order chi connectivity index (χ1) is 61.8. The highest BCUT2D eigenvalue weighted by Gasteiger charge is 2.33. The molecule has 0 heterocycles. The molecule has 0 aromatic heterocycles. The maximum absolute atomic E-state index is 15.2. The van der Waals surface area contributed by atoms with Crippen LogP contribution >= 0.6 is 0 Å². The minimum Gasteiger partial charge on any atom is -0.427 e. The number of ether oxygens (including phenoxy) is 5. The fraction of sp³-hybridized carbons (Fsp3) is 0.274. The molecule has 22 heteroatoms. The molecule has 0 saturated carbocycles. The second kappa shape index (κ2) is 45.0. The first kappa shape index (κ1) is 94.3. The number of unbranched alkanes of at least 4 members (excludes halogenated alkanes) is 5. The third-order valence-electron chi connectivity index (χ3n) is 21.4. The molecule has 0 aliphatic rings. The van der Waals surface area contributed by atoms with Crippen LogP contribution in [0.5, 0.6) is 28.7 Å². The van der Waals surface area contributed by atoms with E-state index in [1.54, 1.807) is 167 Å². The molecule has 22 nitrogen and oxygen atoms in total. The summed E-state index contributed by atoms with van der Waals surface area (Å²) in [6.07, 6.45) is 7.85. The minimum absolute atomic E-state index is 0.0163. The summed E-state index contributed by atoms with van der Waals surface area (Å²) >= 11 is 0. The van der Waals surface area contributed by atoms with Crippen LogP contribution in [0.3, 0.4) is 0 Å². The summed E-state index contributed by atoms with van der Waals surface area (Å²) in [5, 5.41) is 15.9. The molecule has 11 aromatic rings. The first-order valence-electron chi connectivity index (χ1n) is 43.9. The normalized spacial score (nSPS) is 11.0. The molecular weight excluding hydrogens is 1610 g/mol. The summed E-state index contributed by atoms with van der Waals surface area (Å²) < 4.78 is 30.5. The van der Waals surface area contributed by atoms with Crippen molar-refractivity contribution in [3.8, 4) is 140 Å². The van der Waals surface area contributed by atoms with E-state index in [4.69, 9.17) is 29.4 Å². The van der Waals surface area contributed by atoms with Crippen molar-refractivity contribution in [3.63, 3.8) is 0 Å². The number of esters is 5. The van der Waals surface area contributed by atoms with E-state index in [1.807, 2.05) is 101 Å². The average Bonchev–Trinajstić information content (AvgIpc) is 0.726. The van der Waals surface area contributed by atoms with Crippen LogP contribution in [0.2, 0.25) is 0 Å². The molecule has 11 rings (SSSR count). The third-order valence-corrected chi connectivity index (χ3v) is 21.4. The Morgan fingerprint density at radius 2 is 0.797 bits per heavy atom. The largest absolute Gasteiger partial charge is 0.427 e. The lowest BCUT2D eigenvalue weighted by Gasteiger charge is -2.26. The number of hydrogen-bond acceptors (Lipinski definition) is 16. The number of hydrogen-bond donors (Lipinski definition) is 6. The van der Waals surface area contributed by atoms with Gasteiger partial charge >= 0.3 is 29.8 Å². The van der Waals surface area contributed by atoms with Crippen molar-refractivity contribution < 1.29 is 76.4 Å². The van der Waals surface area contributed by atoms with Gasteiger partial charge in [-0.25, -0.2) is 0 Å². The quantitative estimate of drug-likeness (QED) is 0.0118. The predicted molar refractivity (Wildman–Crippen MR) is 504 cm³/mol. The van der Waals surface area contributed by atoms with Crippen molar-refractivity contribution in [1.82, 2.24) is 0 Å². The standard InChI is InChI=1S/C106H109N6O16/c1-12-19-22-44-95(118)111-102-78(75-58-51-70(109-94(117)43-21-14-3)61-86(75)81-38-29-36-79(103(81)112-106(123)64(8)9)74-57-50-69(108-93(116)31-15-4)60-85(74)77-33-24-26-41-90(77)110-92(115)17-6)35-28-37-80(102)82-39-30-40-83(104(82)125-66(11)114)87-62-73(124-65(10)113)56-59-76(87)88-63-89(105(107)122)99(67-46-52-72(53-47-67)127-98(121)45-23-20-13-2)100(68-48-54-71(55-49-68)126-97(120)32-16-5)101(88)84-34-25-27-42-91(84)128-96(119)18-7/h24-30,33-42,46-62,64H,12-23,31-32,43-45H2,1-11H3,(H2,107,122)(H,108,116)(H,109,117)(H,110,115)(H,111,118)(H,112,123). The van der Waals surface area contributed by atoms with E-state index in [0.717, 1.165) is 32.1 Å². The molecule has 11 aromatic carbocycles. The summed E-state index contributed by atoms with van der Waals surface area (Å²) in [5.74, 6) is -5.49. The molecule has 128 heavy (non-hydrogen) atoms. The molecule has 0 unspecified atom stereocenters. The van der Waals surface area contributed by atoms with Gasteiger partial charge in [-0.15, -0.1) is 0 Å². The summed E-state index contributed by atoms with van der Waals surface area (Å²) in [6, 6.07) is 62.5. The van der Waals surface area contributed by atoms with Gasteiger partial charge < -0.3 is 56.0 Å². The summed E-state index contributed by atoms with van der Waals surface area (Å²) in [7, 11) is 0. The number of nitrogens with two attached hydrogens (primary N) is 1. The van der Waals surface area contributed by atoms with Crippen LogP contribution in [0.4, 0.5) is 28.4 Å². The van der Waals surface area contributed by atoms with Crippen LogP contribution in [-0.2, 0) is 47.9 Å². The lowest BCUT2D eigenvalue weighted by Crippen LogP contribution is -2.19. The summed E-state index contributed by atoms with van der Waals surface area (Å²) in [6.45, 7) is 19.2. The first-order valence-corrected chi connectivity index (χ1v) is 43.9. The van der Waals surface area contributed by atoms with Gasteiger partial charge in [0.1, 0.15) is 28.7 Å². The molecule has 0 spiro atoms. The van der Waals surface area contributed by atoms with Gasteiger partial charge in [-0.2, -0.15) is 0 Å². The molecular formula is C106H109N6O16. The second-order valence-electron chi connectivity index (χ2n) is 31.5. The fourth-order valence-corrected chi connectivity index (χ4v) is 15.2. The van der Waals surface area contributed by atoms with Crippen LogP contribution in [0.15, 0.2) is 206 Å². The van der Waals surface area contributed by atoms with Crippen molar-refractivity contribution in [2.24, 2.45) is 11.7 Å². The number of carbonyl (C=O) groups is 11. The van der Waals surface area contributed by atoms with E-state index in [-0.39, 0.29) is 153 Å².